The number of anilines is 1. The fourth-order valence-electron chi connectivity index (χ4n) is 2.23. The number of carbonyl (C=O) groups is 2. The van der Waals surface area contributed by atoms with Gasteiger partial charge in [0, 0.05) is 31.7 Å². The van der Waals surface area contributed by atoms with Crippen LogP contribution in [0.5, 0.6) is 0 Å². The largest absolute Gasteiger partial charge is 0.399 e. The molecular formula is C13H16ClN3O2. The van der Waals surface area contributed by atoms with Crippen molar-refractivity contribution in [3.8, 4) is 0 Å². The lowest BCUT2D eigenvalue weighted by Gasteiger charge is -2.17. The van der Waals surface area contributed by atoms with Crippen LogP contribution in [-0.2, 0) is 4.79 Å². The molecule has 1 aromatic rings. The lowest BCUT2D eigenvalue weighted by molar-refractivity contribution is -0.119. The van der Waals surface area contributed by atoms with Gasteiger partial charge in [-0.2, -0.15) is 0 Å². The molecule has 2 amide bonds. The van der Waals surface area contributed by atoms with Crippen LogP contribution in [0.25, 0.3) is 0 Å². The fraction of sp³-hybridized carbons (Fsp3) is 0.385. The van der Waals surface area contributed by atoms with E-state index in [0.717, 1.165) is 6.42 Å². The zero-order valence-corrected chi connectivity index (χ0v) is 11.4. The van der Waals surface area contributed by atoms with Crippen LogP contribution in [0.3, 0.4) is 0 Å². The van der Waals surface area contributed by atoms with Gasteiger partial charge in [0.05, 0.1) is 10.6 Å². The van der Waals surface area contributed by atoms with Gasteiger partial charge in [0.2, 0.25) is 5.91 Å². The number of amides is 2. The van der Waals surface area contributed by atoms with Gasteiger partial charge >= 0.3 is 0 Å². The van der Waals surface area contributed by atoms with Gasteiger partial charge in [-0.15, -0.1) is 0 Å². The molecule has 1 fully saturated rings. The molecule has 3 N–H and O–H groups in total. The first-order valence-electron chi connectivity index (χ1n) is 6.09. The Bertz CT molecular complexity index is 519. The van der Waals surface area contributed by atoms with Crippen molar-refractivity contribution in [1.29, 1.82) is 0 Å². The van der Waals surface area contributed by atoms with E-state index in [1.54, 1.807) is 23.1 Å². The third kappa shape index (κ3) is 3.17. The summed E-state index contributed by atoms with van der Waals surface area (Å²) in [6, 6.07) is 4.87. The highest BCUT2D eigenvalue weighted by atomic mass is 35.5. The van der Waals surface area contributed by atoms with Gasteiger partial charge in [-0.05, 0) is 24.6 Å². The Kier molecular flexibility index (Phi) is 3.95. The van der Waals surface area contributed by atoms with Gasteiger partial charge < -0.3 is 16.0 Å². The summed E-state index contributed by atoms with van der Waals surface area (Å²) in [6.45, 7) is 2.60. The molecule has 0 radical (unpaired) electrons. The Balaban J connectivity index is 2.07. The van der Waals surface area contributed by atoms with Crippen molar-refractivity contribution >= 4 is 29.1 Å². The summed E-state index contributed by atoms with van der Waals surface area (Å²) in [5.41, 5.74) is 6.57. The quantitative estimate of drug-likeness (QED) is 0.802. The number of halogens is 1. The molecule has 1 aliphatic rings. The average Bonchev–Trinajstić information content (AvgIpc) is 2.75. The first kappa shape index (κ1) is 13.7. The summed E-state index contributed by atoms with van der Waals surface area (Å²) in [5, 5.41) is 3.17. The molecule has 0 bridgehead atoms. The van der Waals surface area contributed by atoms with Crippen LogP contribution in [0.1, 0.15) is 23.7 Å². The molecule has 1 unspecified atom stereocenters. The SMILES string of the molecule is CC(=O)NC1CCN(C(=O)c2ccc(N)cc2Cl)C1. The number of rotatable bonds is 2. The smallest absolute Gasteiger partial charge is 0.255 e. The lowest BCUT2D eigenvalue weighted by atomic mass is 10.2. The highest BCUT2D eigenvalue weighted by Crippen LogP contribution is 2.22. The highest BCUT2D eigenvalue weighted by molar-refractivity contribution is 6.34. The van der Waals surface area contributed by atoms with Gasteiger partial charge in [0.15, 0.2) is 0 Å². The molecule has 0 aromatic heterocycles. The molecule has 1 heterocycles. The molecule has 2 rings (SSSR count). The normalized spacial score (nSPS) is 18.4. The van der Waals surface area contributed by atoms with Gasteiger partial charge in [-0.1, -0.05) is 11.6 Å². The first-order valence-corrected chi connectivity index (χ1v) is 6.46. The molecule has 19 heavy (non-hydrogen) atoms. The van der Waals surface area contributed by atoms with Crippen molar-refractivity contribution in [3.05, 3.63) is 28.8 Å². The Hall–Kier alpha value is -1.75. The van der Waals surface area contributed by atoms with Crippen LogP contribution in [0.4, 0.5) is 5.69 Å². The number of nitrogens with two attached hydrogens (primary N) is 1. The predicted molar refractivity (Wildman–Crippen MR) is 74.0 cm³/mol. The lowest BCUT2D eigenvalue weighted by Crippen LogP contribution is -2.37. The topological polar surface area (TPSA) is 75.4 Å². The maximum Gasteiger partial charge on any atom is 0.255 e. The van der Waals surface area contributed by atoms with Gasteiger partial charge in [-0.25, -0.2) is 0 Å². The van der Waals surface area contributed by atoms with E-state index in [0.29, 0.717) is 29.4 Å². The highest BCUT2D eigenvalue weighted by Gasteiger charge is 2.28. The molecule has 1 aliphatic heterocycles. The second-order valence-electron chi connectivity index (χ2n) is 4.68. The number of likely N-dealkylation sites (tertiary alicyclic amines) is 1. The van der Waals surface area contributed by atoms with E-state index in [9.17, 15) is 9.59 Å². The number of benzene rings is 1. The van der Waals surface area contributed by atoms with Crippen molar-refractivity contribution < 1.29 is 9.59 Å². The minimum Gasteiger partial charge on any atom is -0.399 e. The Morgan fingerprint density at radius 2 is 2.21 bits per heavy atom. The summed E-state index contributed by atoms with van der Waals surface area (Å²) in [5.74, 6) is -0.206. The molecule has 5 nitrogen and oxygen atoms in total. The Labute approximate surface area is 116 Å². The molecule has 0 saturated carbocycles. The van der Waals surface area contributed by atoms with Crippen LogP contribution in [-0.4, -0.2) is 35.8 Å². The van der Waals surface area contributed by atoms with E-state index < -0.39 is 0 Å². The van der Waals surface area contributed by atoms with Crippen molar-refractivity contribution in [3.63, 3.8) is 0 Å². The summed E-state index contributed by atoms with van der Waals surface area (Å²) in [6.07, 6.45) is 0.762. The Morgan fingerprint density at radius 3 is 2.84 bits per heavy atom. The number of nitrogens with one attached hydrogen (secondary N) is 1. The zero-order valence-electron chi connectivity index (χ0n) is 10.6. The number of carbonyl (C=O) groups excluding carboxylic acids is 2. The van der Waals surface area contributed by atoms with Crippen LogP contribution >= 0.6 is 11.6 Å². The monoisotopic (exact) mass is 281 g/mol. The molecule has 102 valence electrons. The summed E-state index contributed by atoms with van der Waals surface area (Å²) in [7, 11) is 0. The van der Waals surface area contributed by atoms with Crippen LogP contribution < -0.4 is 11.1 Å². The molecule has 1 atom stereocenters. The van der Waals surface area contributed by atoms with Crippen molar-refractivity contribution in [2.45, 2.75) is 19.4 Å². The maximum absolute atomic E-state index is 12.3. The van der Waals surface area contributed by atoms with E-state index >= 15 is 0 Å². The van der Waals surface area contributed by atoms with E-state index in [1.165, 1.54) is 6.92 Å². The molecule has 1 aromatic carbocycles. The second kappa shape index (κ2) is 5.48. The summed E-state index contributed by atoms with van der Waals surface area (Å²) >= 11 is 6.03. The molecule has 1 saturated heterocycles. The third-order valence-electron chi connectivity index (χ3n) is 3.11. The van der Waals surface area contributed by atoms with Crippen molar-refractivity contribution in [1.82, 2.24) is 10.2 Å². The standard InChI is InChI=1S/C13H16ClN3O2/c1-8(18)16-10-4-5-17(7-10)13(19)11-3-2-9(15)6-12(11)14/h2-3,6,10H,4-5,7,15H2,1H3,(H,16,18). The molecule has 6 heteroatoms. The molecule has 0 aliphatic carbocycles. The number of nitrogens with zero attached hydrogens (tertiary/aromatic N) is 1. The Morgan fingerprint density at radius 1 is 1.47 bits per heavy atom. The predicted octanol–water partition coefficient (Wildman–Crippen LogP) is 1.27. The van der Waals surface area contributed by atoms with E-state index in [4.69, 9.17) is 17.3 Å². The average molecular weight is 282 g/mol. The molecular weight excluding hydrogens is 266 g/mol. The minimum atomic E-state index is -0.127. The van der Waals surface area contributed by atoms with Gasteiger partial charge in [0.25, 0.3) is 5.91 Å². The van der Waals surface area contributed by atoms with E-state index in [1.807, 2.05) is 0 Å². The van der Waals surface area contributed by atoms with Gasteiger partial charge in [-0.3, -0.25) is 9.59 Å². The first-order chi connectivity index (χ1) is 8.97. The molecule has 0 spiro atoms. The zero-order chi connectivity index (χ0) is 14.0. The third-order valence-corrected chi connectivity index (χ3v) is 3.42. The van der Waals surface area contributed by atoms with E-state index in [2.05, 4.69) is 5.32 Å². The maximum atomic E-state index is 12.3. The van der Waals surface area contributed by atoms with Crippen LogP contribution in [0.15, 0.2) is 18.2 Å². The van der Waals surface area contributed by atoms with Crippen molar-refractivity contribution in [2.24, 2.45) is 0 Å². The van der Waals surface area contributed by atoms with Crippen LogP contribution in [0.2, 0.25) is 5.02 Å². The fourth-order valence-corrected chi connectivity index (χ4v) is 2.49. The van der Waals surface area contributed by atoms with Crippen molar-refractivity contribution in [2.75, 3.05) is 18.8 Å². The van der Waals surface area contributed by atoms with Gasteiger partial charge in [0.1, 0.15) is 0 Å². The van der Waals surface area contributed by atoms with E-state index in [-0.39, 0.29) is 17.9 Å². The van der Waals surface area contributed by atoms with Crippen LogP contribution in [0, 0.1) is 0 Å². The number of hydrogen-bond acceptors (Lipinski definition) is 3. The number of hydrogen-bond donors (Lipinski definition) is 2. The summed E-state index contributed by atoms with van der Waals surface area (Å²) in [4.78, 5) is 25.0. The number of nitrogen functional groups attached to an aromatic ring is 1. The second-order valence-corrected chi connectivity index (χ2v) is 5.08. The minimum absolute atomic E-state index is 0.0222. The summed E-state index contributed by atoms with van der Waals surface area (Å²) < 4.78 is 0.